The van der Waals surface area contributed by atoms with Gasteiger partial charge in [0, 0.05) is 18.6 Å². The minimum atomic E-state index is 0.0101. The Hall–Kier alpha value is -0.860. The molecule has 0 saturated heterocycles. The van der Waals surface area contributed by atoms with E-state index in [0.29, 0.717) is 6.54 Å². The van der Waals surface area contributed by atoms with Gasteiger partial charge in [0.2, 0.25) is 0 Å². The Morgan fingerprint density at radius 1 is 1.27 bits per heavy atom. The summed E-state index contributed by atoms with van der Waals surface area (Å²) in [4.78, 5) is 0. The standard InChI is InChI=1S/C13H22N2/c1-10-5-6-11(2)12(7-10)8-15-13(3,4)9-14/h5-7,15H,8-9,14H2,1-4H3. The van der Waals surface area contributed by atoms with Gasteiger partial charge in [0.15, 0.2) is 0 Å². The highest BCUT2D eigenvalue weighted by molar-refractivity contribution is 5.30. The van der Waals surface area contributed by atoms with Gasteiger partial charge in [-0.05, 0) is 38.8 Å². The topological polar surface area (TPSA) is 38.0 Å². The Bertz CT molecular complexity index is 329. The van der Waals surface area contributed by atoms with E-state index in [9.17, 15) is 0 Å². The summed E-state index contributed by atoms with van der Waals surface area (Å²) in [6, 6.07) is 6.55. The van der Waals surface area contributed by atoms with E-state index in [4.69, 9.17) is 5.73 Å². The molecule has 15 heavy (non-hydrogen) atoms. The molecule has 0 heterocycles. The van der Waals surface area contributed by atoms with Crippen LogP contribution in [0.1, 0.15) is 30.5 Å². The summed E-state index contributed by atoms with van der Waals surface area (Å²) in [5, 5.41) is 3.47. The third kappa shape index (κ3) is 3.65. The van der Waals surface area contributed by atoms with E-state index >= 15 is 0 Å². The Morgan fingerprint density at radius 3 is 2.53 bits per heavy atom. The number of benzene rings is 1. The van der Waals surface area contributed by atoms with Crippen molar-refractivity contribution in [2.45, 2.75) is 39.8 Å². The van der Waals surface area contributed by atoms with Gasteiger partial charge in [-0.1, -0.05) is 23.8 Å². The van der Waals surface area contributed by atoms with Crippen LogP contribution in [0.15, 0.2) is 18.2 Å². The lowest BCUT2D eigenvalue weighted by Crippen LogP contribution is -2.45. The molecule has 0 amide bonds. The van der Waals surface area contributed by atoms with Crippen LogP contribution in [0.4, 0.5) is 0 Å². The molecule has 0 radical (unpaired) electrons. The maximum atomic E-state index is 5.68. The maximum absolute atomic E-state index is 5.68. The molecule has 0 atom stereocenters. The highest BCUT2D eigenvalue weighted by atomic mass is 15.0. The Morgan fingerprint density at radius 2 is 1.93 bits per heavy atom. The molecule has 0 aliphatic heterocycles. The Balaban J connectivity index is 2.69. The molecule has 0 bridgehead atoms. The Labute approximate surface area is 92.9 Å². The first-order valence-corrected chi connectivity index (χ1v) is 5.46. The normalized spacial score (nSPS) is 11.8. The van der Waals surface area contributed by atoms with Crippen LogP contribution in [0, 0.1) is 13.8 Å². The van der Waals surface area contributed by atoms with Crippen molar-refractivity contribution in [1.82, 2.24) is 5.32 Å². The van der Waals surface area contributed by atoms with Crippen LogP contribution in [0.5, 0.6) is 0 Å². The van der Waals surface area contributed by atoms with Crippen molar-refractivity contribution in [2.75, 3.05) is 6.54 Å². The molecule has 0 fully saturated rings. The van der Waals surface area contributed by atoms with E-state index in [2.05, 4.69) is 51.2 Å². The second-order valence-electron chi connectivity index (χ2n) is 4.87. The van der Waals surface area contributed by atoms with E-state index < -0.39 is 0 Å². The fraction of sp³-hybridized carbons (Fsp3) is 0.538. The predicted octanol–water partition coefficient (Wildman–Crippen LogP) is 2.13. The molecule has 0 aliphatic carbocycles. The van der Waals surface area contributed by atoms with Crippen LogP contribution in [-0.4, -0.2) is 12.1 Å². The summed E-state index contributed by atoms with van der Waals surface area (Å²) < 4.78 is 0. The number of hydrogen-bond donors (Lipinski definition) is 2. The first-order valence-electron chi connectivity index (χ1n) is 5.46. The van der Waals surface area contributed by atoms with E-state index in [-0.39, 0.29) is 5.54 Å². The van der Waals surface area contributed by atoms with Crippen LogP contribution in [0.2, 0.25) is 0 Å². The molecular weight excluding hydrogens is 184 g/mol. The lowest BCUT2D eigenvalue weighted by atomic mass is 10.0. The monoisotopic (exact) mass is 206 g/mol. The average molecular weight is 206 g/mol. The Kier molecular flexibility index (Phi) is 3.89. The number of rotatable bonds is 4. The number of nitrogens with one attached hydrogen (secondary N) is 1. The number of nitrogens with two attached hydrogens (primary N) is 1. The van der Waals surface area contributed by atoms with Crippen molar-refractivity contribution in [1.29, 1.82) is 0 Å². The molecule has 2 nitrogen and oxygen atoms in total. The van der Waals surface area contributed by atoms with Gasteiger partial charge in [-0.2, -0.15) is 0 Å². The lowest BCUT2D eigenvalue weighted by molar-refractivity contribution is 0.396. The summed E-state index contributed by atoms with van der Waals surface area (Å²) in [5.41, 5.74) is 9.69. The lowest BCUT2D eigenvalue weighted by Gasteiger charge is -2.25. The van der Waals surface area contributed by atoms with Crippen molar-refractivity contribution in [3.05, 3.63) is 34.9 Å². The number of aryl methyl sites for hydroxylation is 2. The molecule has 0 aromatic heterocycles. The van der Waals surface area contributed by atoms with Crippen LogP contribution < -0.4 is 11.1 Å². The largest absolute Gasteiger partial charge is 0.329 e. The van der Waals surface area contributed by atoms with Crippen LogP contribution >= 0.6 is 0 Å². The summed E-state index contributed by atoms with van der Waals surface area (Å²) in [6.45, 7) is 10.1. The second-order valence-corrected chi connectivity index (χ2v) is 4.87. The summed E-state index contributed by atoms with van der Waals surface area (Å²) >= 11 is 0. The molecule has 0 aliphatic rings. The maximum Gasteiger partial charge on any atom is 0.0250 e. The van der Waals surface area contributed by atoms with E-state index in [0.717, 1.165) is 6.54 Å². The summed E-state index contributed by atoms with van der Waals surface area (Å²) in [5.74, 6) is 0. The van der Waals surface area contributed by atoms with Crippen molar-refractivity contribution in [3.63, 3.8) is 0 Å². The van der Waals surface area contributed by atoms with Gasteiger partial charge in [0.25, 0.3) is 0 Å². The quantitative estimate of drug-likeness (QED) is 0.792. The van der Waals surface area contributed by atoms with Gasteiger partial charge in [-0.3, -0.25) is 0 Å². The molecule has 0 unspecified atom stereocenters. The molecule has 1 aromatic rings. The van der Waals surface area contributed by atoms with Crippen molar-refractivity contribution in [2.24, 2.45) is 5.73 Å². The predicted molar refractivity (Wildman–Crippen MR) is 65.9 cm³/mol. The zero-order valence-electron chi connectivity index (χ0n) is 10.2. The molecule has 84 valence electrons. The number of hydrogen-bond acceptors (Lipinski definition) is 2. The third-order valence-corrected chi connectivity index (χ3v) is 2.77. The first kappa shape index (κ1) is 12.2. The molecule has 2 heteroatoms. The zero-order chi connectivity index (χ0) is 11.5. The van der Waals surface area contributed by atoms with Crippen molar-refractivity contribution >= 4 is 0 Å². The summed E-state index contributed by atoms with van der Waals surface area (Å²) in [6.07, 6.45) is 0. The fourth-order valence-corrected chi connectivity index (χ4v) is 1.40. The highest BCUT2D eigenvalue weighted by Gasteiger charge is 2.14. The van der Waals surface area contributed by atoms with Crippen molar-refractivity contribution < 1.29 is 0 Å². The van der Waals surface area contributed by atoms with E-state index in [1.807, 2.05) is 0 Å². The minimum absolute atomic E-state index is 0.0101. The minimum Gasteiger partial charge on any atom is -0.329 e. The van der Waals surface area contributed by atoms with Gasteiger partial charge >= 0.3 is 0 Å². The molecule has 1 aromatic carbocycles. The van der Waals surface area contributed by atoms with Crippen LogP contribution in [0.3, 0.4) is 0 Å². The molecule has 3 N–H and O–H groups in total. The SMILES string of the molecule is Cc1ccc(C)c(CNC(C)(C)CN)c1. The van der Waals surface area contributed by atoms with Gasteiger partial charge in [0.1, 0.15) is 0 Å². The smallest absolute Gasteiger partial charge is 0.0250 e. The first-order chi connectivity index (χ1) is 6.94. The van der Waals surface area contributed by atoms with E-state index in [1.54, 1.807) is 0 Å². The summed E-state index contributed by atoms with van der Waals surface area (Å²) in [7, 11) is 0. The van der Waals surface area contributed by atoms with E-state index in [1.165, 1.54) is 16.7 Å². The molecule has 0 spiro atoms. The second kappa shape index (κ2) is 4.77. The van der Waals surface area contributed by atoms with Gasteiger partial charge in [-0.15, -0.1) is 0 Å². The van der Waals surface area contributed by atoms with Crippen LogP contribution in [-0.2, 0) is 6.54 Å². The van der Waals surface area contributed by atoms with Gasteiger partial charge in [0.05, 0.1) is 0 Å². The zero-order valence-corrected chi connectivity index (χ0v) is 10.2. The van der Waals surface area contributed by atoms with Gasteiger partial charge < -0.3 is 11.1 Å². The van der Waals surface area contributed by atoms with Crippen molar-refractivity contribution in [3.8, 4) is 0 Å². The fourth-order valence-electron chi connectivity index (χ4n) is 1.40. The van der Waals surface area contributed by atoms with Gasteiger partial charge in [-0.25, -0.2) is 0 Å². The molecule has 1 rings (SSSR count). The molecular formula is C13H22N2. The average Bonchev–Trinajstić information content (AvgIpc) is 2.20. The molecule has 0 saturated carbocycles. The van der Waals surface area contributed by atoms with Crippen LogP contribution in [0.25, 0.3) is 0 Å². The third-order valence-electron chi connectivity index (χ3n) is 2.77. The highest BCUT2D eigenvalue weighted by Crippen LogP contribution is 2.11.